The van der Waals surface area contributed by atoms with Crippen molar-refractivity contribution in [3.05, 3.63) is 51.8 Å². The van der Waals surface area contributed by atoms with E-state index < -0.39 is 17.9 Å². The van der Waals surface area contributed by atoms with Gasteiger partial charge < -0.3 is 30.5 Å². The standard InChI is InChI=1S/C43H76N6O6S/c1-15-30(5)39(49(13,14)42(51)36(11)47(12)16-2)35(10)48(28-54-17-3)33(8)25-31(6)41-46-38(27-56-41)40(50)45-37(26-32(7)43(52)53)24-29(4)20-21-34(9)55-23-19-18-22-44/h20-21,27,30-33,36-37,39H,10,15-19,22-26,28,44H2,1-9,11-14H3,(H-,45,50,52,53)/p+1. The molecule has 56 heavy (non-hydrogen) atoms. The van der Waals surface area contributed by atoms with E-state index in [1.807, 2.05) is 61.0 Å². The zero-order chi connectivity index (χ0) is 42.7. The number of hydrogen-bond donors (Lipinski definition) is 3. The third-order valence-corrected chi connectivity index (χ3v) is 12.1. The van der Waals surface area contributed by atoms with Gasteiger partial charge in [0.2, 0.25) is 0 Å². The van der Waals surface area contributed by atoms with Crippen LogP contribution in [0.25, 0.3) is 0 Å². The molecule has 0 aromatic carbocycles. The van der Waals surface area contributed by atoms with Gasteiger partial charge in [0.15, 0.2) is 0 Å². The second-order valence-corrected chi connectivity index (χ2v) is 17.0. The second kappa shape index (κ2) is 25.3. The number of carbonyl (C=O) groups is 3. The van der Waals surface area contributed by atoms with Gasteiger partial charge >= 0.3 is 11.9 Å². The van der Waals surface area contributed by atoms with Crippen LogP contribution in [-0.2, 0) is 19.1 Å². The molecule has 13 heteroatoms. The third-order valence-electron chi connectivity index (χ3n) is 11.0. The number of unbranched alkanes of at least 4 members (excludes halogenated alkanes) is 1. The molecule has 0 radical (unpaired) electrons. The molecule has 1 aromatic heterocycles. The van der Waals surface area contributed by atoms with Gasteiger partial charge in [-0.2, -0.15) is 0 Å². The van der Waals surface area contributed by atoms with Gasteiger partial charge in [0.25, 0.3) is 5.91 Å². The van der Waals surface area contributed by atoms with Crippen molar-refractivity contribution in [3.8, 4) is 0 Å². The number of nitrogens with zero attached hydrogens (tertiary/aromatic N) is 4. The Balaban J connectivity index is 3.24. The van der Waals surface area contributed by atoms with Crippen molar-refractivity contribution in [2.75, 3.05) is 54.2 Å². The summed E-state index contributed by atoms with van der Waals surface area (Å²) in [4.78, 5) is 48.4. The van der Waals surface area contributed by atoms with E-state index in [9.17, 15) is 19.5 Å². The van der Waals surface area contributed by atoms with Crippen LogP contribution in [0, 0.1) is 11.8 Å². The van der Waals surface area contributed by atoms with Gasteiger partial charge in [0.1, 0.15) is 24.5 Å². The molecule has 0 fully saturated rings. The molecule has 1 aromatic rings. The number of allylic oxidation sites excluding steroid dienone is 3. The Kier molecular flexibility index (Phi) is 23.0. The van der Waals surface area contributed by atoms with E-state index in [4.69, 9.17) is 20.2 Å². The summed E-state index contributed by atoms with van der Waals surface area (Å²) >= 11 is 1.45. The third kappa shape index (κ3) is 16.0. The van der Waals surface area contributed by atoms with E-state index >= 15 is 0 Å². The maximum Gasteiger partial charge on any atom is 0.330 e. The van der Waals surface area contributed by atoms with E-state index in [2.05, 4.69) is 56.3 Å². The molecule has 7 unspecified atom stereocenters. The number of nitrogens with one attached hydrogen (secondary N) is 1. The number of thiazole rings is 1. The molecule has 0 spiro atoms. The highest BCUT2D eigenvalue weighted by atomic mass is 32.1. The van der Waals surface area contributed by atoms with Gasteiger partial charge in [0, 0.05) is 35.9 Å². The number of ether oxygens (including phenoxy) is 2. The molecule has 0 aliphatic rings. The molecule has 0 bridgehead atoms. The van der Waals surface area contributed by atoms with Crippen LogP contribution in [0.3, 0.4) is 0 Å². The van der Waals surface area contributed by atoms with Gasteiger partial charge in [0.05, 0.1) is 43.1 Å². The van der Waals surface area contributed by atoms with Crippen LogP contribution in [0.5, 0.6) is 0 Å². The van der Waals surface area contributed by atoms with Crippen LogP contribution in [0.15, 0.2) is 41.1 Å². The first kappa shape index (κ1) is 50.9. The molecule has 1 heterocycles. The predicted octanol–water partition coefficient (Wildman–Crippen LogP) is 7.40. The van der Waals surface area contributed by atoms with Gasteiger partial charge in [-0.05, 0) is 99.4 Å². The highest BCUT2D eigenvalue weighted by molar-refractivity contribution is 7.09. The highest BCUT2D eigenvalue weighted by Crippen LogP contribution is 2.33. The monoisotopic (exact) mass is 806 g/mol. The SMILES string of the molecule is C=C(C(C(C)CC)[N+](C)(C)C(=O)C(C)N(C)CC)N(COCC)C(C)CC(C)c1nc(C(=O)NC(CC(C)=CC=C(C)OCCCCN)CC(C)C(=O)O)cs1. The van der Waals surface area contributed by atoms with E-state index in [-0.39, 0.29) is 52.7 Å². The van der Waals surface area contributed by atoms with E-state index in [0.29, 0.717) is 38.6 Å². The molecule has 0 aliphatic carbocycles. The zero-order valence-electron chi connectivity index (χ0n) is 37.0. The van der Waals surface area contributed by atoms with Crippen molar-refractivity contribution in [2.45, 2.75) is 138 Å². The summed E-state index contributed by atoms with van der Waals surface area (Å²) in [5.74, 6) is -0.752. The first-order valence-corrected chi connectivity index (χ1v) is 21.4. The number of carboxylic acids is 1. The largest absolute Gasteiger partial charge is 0.498 e. The number of likely N-dealkylation sites (N-methyl/N-ethyl adjacent to an activating group) is 2. The smallest absolute Gasteiger partial charge is 0.330 e. The lowest BCUT2D eigenvalue weighted by molar-refractivity contribution is -0.841. The summed E-state index contributed by atoms with van der Waals surface area (Å²) < 4.78 is 11.9. The maximum absolute atomic E-state index is 14.0. The average Bonchev–Trinajstić information content (AvgIpc) is 3.65. The number of nitrogens with two attached hydrogens (primary N) is 1. The molecule has 0 aliphatic heterocycles. The van der Waals surface area contributed by atoms with E-state index in [1.54, 1.807) is 12.3 Å². The highest BCUT2D eigenvalue weighted by Gasteiger charge is 2.45. The normalized spacial score (nSPS) is 16.4. The Morgan fingerprint density at radius 2 is 1.73 bits per heavy atom. The summed E-state index contributed by atoms with van der Waals surface area (Å²) in [5, 5.41) is 15.3. The zero-order valence-corrected chi connectivity index (χ0v) is 37.8. The van der Waals surface area contributed by atoms with Crippen molar-refractivity contribution in [3.63, 3.8) is 0 Å². The first-order valence-electron chi connectivity index (χ1n) is 20.5. The Morgan fingerprint density at radius 3 is 2.30 bits per heavy atom. The lowest BCUT2D eigenvalue weighted by Crippen LogP contribution is -2.63. The number of rotatable bonds is 28. The van der Waals surface area contributed by atoms with Crippen molar-refractivity contribution in [2.24, 2.45) is 17.6 Å². The number of aliphatic carboxylic acids is 1. The molecule has 0 saturated carbocycles. The number of aromatic nitrogens is 1. The fraction of sp³-hybridized carbons (Fsp3) is 0.721. The lowest BCUT2D eigenvalue weighted by atomic mass is 9.91. The quantitative estimate of drug-likeness (QED) is 0.0258. The van der Waals surface area contributed by atoms with Crippen molar-refractivity contribution in [1.29, 1.82) is 0 Å². The van der Waals surface area contributed by atoms with Crippen LogP contribution in [0.2, 0.25) is 0 Å². The molecule has 320 valence electrons. The topological polar surface area (TPSA) is 147 Å². The Hall–Kier alpha value is -3.10. The van der Waals surface area contributed by atoms with Crippen molar-refractivity contribution in [1.82, 2.24) is 20.1 Å². The minimum atomic E-state index is -0.907. The maximum atomic E-state index is 14.0. The minimum absolute atomic E-state index is 0.00620. The Morgan fingerprint density at radius 1 is 1.07 bits per heavy atom. The summed E-state index contributed by atoms with van der Waals surface area (Å²) in [5.41, 5.74) is 7.75. The second-order valence-electron chi connectivity index (χ2n) is 16.1. The van der Waals surface area contributed by atoms with E-state index in [0.717, 1.165) is 54.3 Å². The molecule has 7 atom stereocenters. The van der Waals surface area contributed by atoms with Gasteiger partial charge in [-0.3, -0.25) is 19.0 Å². The van der Waals surface area contributed by atoms with Gasteiger partial charge in [-0.25, -0.2) is 9.78 Å². The summed E-state index contributed by atoms with van der Waals surface area (Å²) in [6.07, 6.45) is 8.02. The molecule has 4 N–H and O–H groups in total. The molecule has 1 rings (SSSR count). The van der Waals surface area contributed by atoms with Gasteiger partial charge in [-0.15, -0.1) is 11.3 Å². The average molecular weight is 806 g/mol. The van der Waals surface area contributed by atoms with Crippen LogP contribution in [0.4, 0.5) is 0 Å². The van der Waals surface area contributed by atoms with Crippen LogP contribution >= 0.6 is 11.3 Å². The predicted molar refractivity (Wildman–Crippen MR) is 229 cm³/mol. The molecular formula is C43H77N6O6S+. The number of carboxylic acid groups (broad SMARTS) is 1. The lowest BCUT2D eigenvalue weighted by Gasteiger charge is -2.46. The van der Waals surface area contributed by atoms with Crippen molar-refractivity contribution >= 4 is 29.1 Å². The number of carbonyl (C=O) groups excluding carboxylic acids is 2. The summed E-state index contributed by atoms with van der Waals surface area (Å²) in [7, 11) is 5.99. The summed E-state index contributed by atoms with van der Waals surface area (Å²) in [6, 6.07) is -0.817. The van der Waals surface area contributed by atoms with Crippen molar-refractivity contribution < 1.29 is 33.4 Å². The summed E-state index contributed by atoms with van der Waals surface area (Å²) in [6.45, 7) is 27.7. The van der Waals surface area contributed by atoms with Gasteiger partial charge in [-0.1, -0.05) is 52.8 Å². The number of hydrogen-bond acceptors (Lipinski definition) is 10. The number of quaternary nitrogens is 1. The Bertz CT molecular complexity index is 1440. The van der Waals surface area contributed by atoms with E-state index in [1.165, 1.54) is 11.3 Å². The molecular weight excluding hydrogens is 729 g/mol. The fourth-order valence-electron chi connectivity index (χ4n) is 7.08. The molecule has 12 nitrogen and oxygen atoms in total. The fourth-order valence-corrected chi connectivity index (χ4v) is 7.95. The molecule has 0 saturated heterocycles. The number of amides is 2. The molecule has 2 amide bonds. The Labute approximate surface area is 343 Å². The van der Waals surface area contributed by atoms with Crippen LogP contribution in [-0.4, -0.2) is 121 Å². The van der Waals surface area contributed by atoms with Crippen LogP contribution < -0.4 is 11.1 Å². The minimum Gasteiger partial charge on any atom is -0.498 e. The van der Waals surface area contributed by atoms with Crippen LogP contribution in [0.1, 0.15) is 129 Å². The first-order chi connectivity index (χ1) is 26.3.